The fourth-order valence-electron chi connectivity index (χ4n) is 0.0492. The van der Waals surface area contributed by atoms with E-state index in [1.165, 1.54) is 0 Å². The molecule has 0 aromatic carbocycles. The molecule has 0 aromatic heterocycles. The maximum Gasteiger partial charge on any atom is 0.196 e. The summed E-state index contributed by atoms with van der Waals surface area (Å²) in [5.74, 6) is -0.0741. The van der Waals surface area contributed by atoms with Gasteiger partial charge < -0.3 is 5.73 Å². The second-order valence-corrected chi connectivity index (χ2v) is 1.54. The van der Waals surface area contributed by atoms with E-state index < -0.39 is 0 Å². The molecule has 6 heavy (non-hydrogen) atoms. The van der Waals surface area contributed by atoms with Gasteiger partial charge in [-0.05, 0) is 0 Å². The second-order valence-electron chi connectivity index (χ2n) is 0.607. The molecule has 0 aliphatic heterocycles. The monoisotopic (exact) mass is 123 g/mol. The van der Waals surface area contributed by atoms with Crippen molar-refractivity contribution in [1.82, 2.24) is 4.72 Å². The first-order valence-corrected chi connectivity index (χ1v) is 3.04. The molecule has 0 saturated carbocycles. The van der Waals surface area contributed by atoms with E-state index in [1.807, 2.05) is 0 Å². The molecule has 0 bridgehead atoms. The molecule has 3 nitrogen and oxygen atoms in total. The molecule has 5 heteroatoms. The van der Waals surface area contributed by atoms with Gasteiger partial charge in [-0.15, -0.1) is 0 Å². The van der Waals surface area contributed by atoms with Gasteiger partial charge in [0.1, 0.15) is 0 Å². The number of nitrogens with two attached hydrogens (primary N) is 1. The van der Waals surface area contributed by atoms with Crippen LogP contribution in [0.4, 0.5) is 0 Å². The van der Waals surface area contributed by atoms with Crippen LogP contribution in [0.5, 0.6) is 0 Å². The molecule has 0 aliphatic rings. The summed E-state index contributed by atoms with van der Waals surface area (Å²) in [6, 6.07) is 0. The van der Waals surface area contributed by atoms with Crippen molar-refractivity contribution in [3.63, 3.8) is 0 Å². The highest BCUT2D eigenvalue weighted by Gasteiger charge is 1.75. The smallest absolute Gasteiger partial charge is 0.196 e. The standard InChI is InChI=1S/CH5N3S2/c2-1(3)4-6-5/h5H,(H4,2,3,4). The number of thiol groups is 1. The summed E-state index contributed by atoms with van der Waals surface area (Å²) >= 11 is 3.64. The number of hydrogen-bond acceptors (Lipinski definition) is 3. The largest absolute Gasteiger partial charge is 0.369 e. The molecule has 0 aliphatic carbocycles. The minimum Gasteiger partial charge on any atom is -0.369 e. The van der Waals surface area contributed by atoms with Gasteiger partial charge in [0.05, 0.1) is 0 Å². The van der Waals surface area contributed by atoms with Crippen LogP contribution in [0.15, 0.2) is 0 Å². The summed E-state index contributed by atoms with van der Waals surface area (Å²) in [7, 11) is 1.00. The van der Waals surface area contributed by atoms with Crippen LogP contribution in [0.25, 0.3) is 0 Å². The molecule has 0 aromatic rings. The number of rotatable bonds is 1. The zero-order chi connectivity index (χ0) is 4.99. The van der Waals surface area contributed by atoms with Crippen LogP contribution in [0, 0.1) is 5.41 Å². The molecule has 4 N–H and O–H groups in total. The Morgan fingerprint density at radius 3 is 2.50 bits per heavy atom. The van der Waals surface area contributed by atoms with Crippen LogP contribution >= 0.6 is 22.6 Å². The Kier molecular flexibility index (Phi) is 3.16. The first-order chi connectivity index (χ1) is 2.77. The normalized spacial score (nSPS) is 7.50. The highest BCUT2D eigenvalue weighted by molar-refractivity contribution is 8.68. The molecule has 0 unspecified atom stereocenters. The van der Waals surface area contributed by atoms with E-state index in [4.69, 9.17) is 11.1 Å². The fourth-order valence-corrected chi connectivity index (χ4v) is 0.443. The molecule has 0 heterocycles. The van der Waals surface area contributed by atoms with Gasteiger partial charge in [-0.3, -0.25) is 10.1 Å². The van der Waals surface area contributed by atoms with Gasteiger partial charge in [-0.1, -0.05) is 11.7 Å². The highest BCUT2D eigenvalue weighted by Crippen LogP contribution is 1.93. The molecular formula is CH5N3S2. The lowest BCUT2D eigenvalue weighted by Crippen LogP contribution is -2.22. The lowest BCUT2D eigenvalue weighted by Gasteiger charge is -1.90. The second kappa shape index (κ2) is 3.17. The summed E-state index contributed by atoms with van der Waals surface area (Å²) in [5, 5.41) is 6.49. The van der Waals surface area contributed by atoms with Gasteiger partial charge in [-0.2, -0.15) is 0 Å². The fraction of sp³-hybridized carbons (Fsp3) is 0. The van der Waals surface area contributed by atoms with E-state index in [-0.39, 0.29) is 5.96 Å². The Bertz CT molecular complexity index is 52.8. The van der Waals surface area contributed by atoms with Gasteiger partial charge >= 0.3 is 0 Å². The van der Waals surface area contributed by atoms with E-state index in [1.54, 1.807) is 0 Å². The van der Waals surface area contributed by atoms with E-state index in [0.29, 0.717) is 0 Å². The number of hydrogen-bond donors (Lipinski definition) is 4. The molecule has 0 atom stereocenters. The third-order valence-corrected chi connectivity index (χ3v) is 0.741. The molecule has 0 radical (unpaired) electrons. The van der Waals surface area contributed by atoms with Gasteiger partial charge in [0, 0.05) is 11.0 Å². The third-order valence-electron chi connectivity index (χ3n) is 0.156. The van der Waals surface area contributed by atoms with Gasteiger partial charge in [0.15, 0.2) is 5.96 Å². The minimum atomic E-state index is -0.0741. The van der Waals surface area contributed by atoms with Gasteiger partial charge in [0.25, 0.3) is 0 Å². The first kappa shape index (κ1) is 5.97. The lowest BCUT2D eigenvalue weighted by molar-refractivity contribution is 1.33. The molecule has 0 amide bonds. The predicted octanol–water partition coefficient (Wildman–Crippen LogP) is -0.0375. The van der Waals surface area contributed by atoms with Crippen LogP contribution in [-0.2, 0) is 0 Å². The molecule has 0 saturated heterocycles. The lowest BCUT2D eigenvalue weighted by atomic mass is 11.1. The first-order valence-electron chi connectivity index (χ1n) is 1.18. The van der Waals surface area contributed by atoms with Crippen LogP contribution < -0.4 is 10.5 Å². The zero-order valence-corrected chi connectivity index (χ0v) is 4.64. The maximum atomic E-state index is 6.49. The summed E-state index contributed by atoms with van der Waals surface area (Å²) in [5.41, 5.74) is 4.81. The van der Waals surface area contributed by atoms with Crippen molar-refractivity contribution >= 4 is 28.6 Å². The molecular weight excluding hydrogens is 118 g/mol. The topological polar surface area (TPSA) is 61.9 Å². The highest BCUT2D eigenvalue weighted by atomic mass is 33.1. The number of nitrogens with one attached hydrogen (secondary N) is 2. The van der Waals surface area contributed by atoms with Crippen molar-refractivity contribution in [1.29, 1.82) is 5.41 Å². The number of guanidine groups is 1. The average molecular weight is 123 g/mol. The molecule has 0 rings (SSSR count). The van der Waals surface area contributed by atoms with Gasteiger partial charge in [0.2, 0.25) is 0 Å². The van der Waals surface area contributed by atoms with E-state index in [0.717, 1.165) is 11.0 Å². The van der Waals surface area contributed by atoms with Crippen molar-refractivity contribution in [2.24, 2.45) is 5.73 Å². The van der Waals surface area contributed by atoms with E-state index in [9.17, 15) is 0 Å². The van der Waals surface area contributed by atoms with Crippen LogP contribution in [0.1, 0.15) is 0 Å². The van der Waals surface area contributed by atoms with Crippen LogP contribution in [0.3, 0.4) is 0 Å². The van der Waals surface area contributed by atoms with Crippen LogP contribution in [-0.4, -0.2) is 5.96 Å². The zero-order valence-electron chi connectivity index (χ0n) is 2.93. The summed E-state index contributed by atoms with van der Waals surface area (Å²) in [4.78, 5) is 0. The quantitative estimate of drug-likeness (QED) is 0.130. The summed E-state index contributed by atoms with van der Waals surface area (Å²) in [6.45, 7) is 0. The van der Waals surface area contributed by atoms with Crippen molar-refractivity contribution < 1.29 is 0 Å². The average Bonchev–Trinajstić information content (AvgIpc) is 1.35. The Hall–Kier alpha value is -0.0300. The SMILES string of the molecule is N=C(N)NSS. The van der Waals surface area contributed by atoms with Crippen molar-refractivity contribution in [2.45, 2.75) is 0 Å². The van der Waals surface area contributed by atoms with Crippen molar-refractivity contribution in [3.8, 4) is 0 Å². The Labute approximate surface area is 45.1 Å². The van der Waals surface area contributed by atoms with Gasteiger partial charge in [-0.25, -0.2) is 0 Å². The van der Waals surface area contributed by atoms with E-state index in [2.05, 4.69) is 16.4 Å². The van der Waals surface area contributed by atoms with Crippen LogP contribution in [0.2, 0.25) is 0 Å². The third kappa shape index (κ3) is 3.97. The molecule has 0 spiro atoms. The van der Waals surface area contributed by atoms with Crippen molar-refractivity contribution in [3.05, 3.63) is 0 Å². The minimum absolute atomic E-state index is 0.0741. The molecule has 36 valence electrons. The summed E-state index contributed by atoms with van der Waals surface area (Å²) in [6.07, 6.45) is 0. The Balaban J connectivity index is 2.83. The Morgan fingerprint density at radius 2 is 2.50 bits per heavy atom. The van der Waals surface area contributed by atoms with E-state index >= 15 is 0 Å². The molecule has 0 fully saturated rings. The maximum absolute atomic E-state index is 6.49. The predicted molar refractivity (Wildman–Crippen MR) is 31.6 cm³/mol. The van der Waals surface area contributed by atoms with Crippen molar-refractivity contribution in [2.75, 3.05) is 0 Å². The summed E-state index contributed by atoms with van der Waals surface area (Å²) < 4.78 is 2.35. The Morgan fingerprint density at radius 1 is 2.00 bits per heavy atom.